The minimum absolute atomic E-state index is 0.000131. The molecule has 0 spiro atoms. The fourth-order valence-corrected chi connectivity index (χ4v) is 5.75. The summed E-state index contributed by atoms with van der Waals surface area (Å²) in [4.78, 5) is 33.0. The first-order valence-electron chi connectivity index (χ1n) is 12.4. The predicted molar refractivity (Wildman–Crippen MR) is 142 cm³/mol. The molecule has 0 aliphatic carbocycles. The summed E-state index contributed by atoms with van der Waals surface area (Å²) in [5.74, 6) is 0.594. The molecule has 0 saturated heterocycles. The number of hydrogen-bond acceptors (Lipinski definition) is 4. The van der Waals surface area contributed by atoms with Gasteiger partial charge < -0.3 is 14.5 Å². The Labute approximate surface area is 212 Å². The van der Waals surface area contributed by atoms with Crippen LogP contribution < -0.4 is 9.64 Å². The van der Waals surface area contributed by atoms with Gasteiger partial charge in [0, 0.05) is 29.2 Å². The van der Waals surface area contributed by atoms with Gasteiger partial charge in [0.2, 0.25) is 5.91 Å². The Bertz CT molecular complexity index is 1140. The van der Waals surface area contributed by atoms with Gasteiger partial charge in [-0.1, -0.05) is 45.0 Å². The van der Waals surface area contributed by atoms with Crippen LogP contribution >= 0.6 is 11.3 Å². The van der Waals surface area contributed by atoms with Crippen LogP contribution in [0.1, 0.15) is 66.9 Å². The van der Waals surface area contributed by atoms with Crippen molar-refractivity contribution in [2.24, 2.45) is 5.92 Å². The Morgan fingerprint density at radius 1 is 1.06 bits per heavy atom. The van der Waals surface area contributed by atoms with Gasteiger partial charge in [-0.25, -0.2) is 0 Å². The minimum atomic E-state index is -0.487. The monoisotopic (exact) mass is 490 g/mol. The van der Waals surface area contributed by atoms with E-state index in [1.165, 1.54) is 0 Å². The van der Waals surface area contributed by atoms with Gasteiger partial charge in [0.05, 0.1) is 18.6 Å². The van der Waals surface area contributed by atoms with Crippen LogP contribution in [0, 0.1) is 5.92 Å². The summed E-state index contributed by atoms with van der Waals surface area (Å²) < 4.78 is 5.61. The van der Waals surface area contributed by atoms with Gasteiger partial charge in [-0.15, -0.1) is 11.3 Å². The number of nitrogens with zero attached hydrogens (tertiary/aromatic N) is 2. The van der Waals surface area contributed by atoms with Crippen molar-refractivity contribution in [3.63, 3.8) is 0 Å². The number of amides is 2. The van der Waals surface area contributed by atoms with Crippen LogP contribution in [0.5, 0.6) is 5.75 Å². The molecule has 35 heavy (non-hydrogen) atoms. The standard InChI is InChI=1S/C29H34N2O3S/c1-5-17-30(21-13-15-22(16-14-21)34-6-2)29(33)26-23-10-7-8-11-24(23)28(32)31(19-20(3)4)27(26)25-12-9-18-35-25/h7-16,18,20,26-27H,5-6,17,19H2,1-4H3/t26-,27-/m0/s1. The van der Waals surface area contributed by atoms with Crippen LogP contribution in [-0.2, 0) is 4.79 Å². The minimum Gasteiger partial charge on any atom is -0.494 e. The summed E-state index contributed by atoms with van der Waals surface area (Å²) in [5, 5.41) is 2.02. The van der Waals surface area contributed by atoms with E-state index in [0.717, 1.165) is 28.3 Å². The summed E-state index contributed by atoms with van der Waals surface area (Å²) in [7, 11) is 0. The van der Waals surface area contributed by atoms with E-state index in [1.807, 2.05) is 82.8 Å². The zero-order valence-corrected chi connectivity index (χ0v) is 21.8. The number of fused-ring (bicyclic) bond motifs is 1. The highest BCUT2D eigenvalue weighted by atomic mass is 32.1. The van der Waals surface area contributed by atoms with Gasteiger partial charge in [-0.05, 0) is 66.6 Å². The molecule has 2 atom stereocenters. The van der Waals surface area contributed by atoms with Crippen molar-refractivity contribution in [3.8, 4) is 5.75 Å². The molecule has 0 unspecified atom stereocenters. The fraction of sp³-hybridized carbons (Fsp3) is 0.379. The van der Waals surface area contributed by atoms with Crippen molar-refractivity contribution in [3.05, 3.63) is 82.0 Å². The molecule has 0 bridgehead atoms. The molecule has 184 valence electrons. The van der Waals surface area contributed by atoms with Gasteiger partial charge in [-0.3, -0.25) is 9.59 Å². The maximum absolute atomic E-state index is 14.5. The molecule has 2 amide bonds. The summed E-state index contributed by atoms with van der Waals surface area (Å²) in [5.41, 5.74) is 2.28. The first-order valence-corrected chi connectivity index (χ1v) is 13.3. The number of rotatable bonds is 9. The first kappa shape index (κ1) is 25.0. The van der Waals surface area contributed by atoms with Crippen molar-refractivity contribution < 1.29 is 14.3 Å². The Morgan fingerprint density at radius 3 is 2.43 bits per heavy atom. The third-order valence-electron chi connectivity index (χ3n) is 6.27. The van der Waals surface area contributed by atoms with E-state index >= 15 is 0 Å². The molecule has 1 aliphatic rings. The highest BCUT2D eigenvalue weighted by molar-refractivity contribution is 7.10. The average molecular weight is 491 g/mol. The Kier molecular flexibility index (Phi) is 7.91. The molecule has 0 N–H and O–H groups in total. The Balaban J connectivity index is 1.83. The predicted octanol–water partition coefficient (Wildman–Crippen LogP) is 6.53. The SMILES string of the molecule is CCCN(C(=O)[C@H]1c2ccccc2C(=O)N(CC(C)C)[C@H]1c1cccs1)c1ccc(OCC)cc1. The summed E-state index contributed by atoms with van der Waals surface area (Å²) in [6, 6.07) is 19.0. The maximum atomic E-state index is 14.5. The second-order valence-electron chi connectivity index (χ2n) is 9.29. The molecule has 0 saturated carbocycles. The average Bonchev–Trinajstić information content (AvgIpc) is 3.39. The molecular formula is C29H34N2O3S. The molecular weight excluding hydrogens is 456 g/mol. The molecule has 2 heterocycles. The van der Waals surface area contributed by atoms with Gasteiger partial charge >= 0.3 is 0 Å². The van der Waals surface area contributed by atoms with E-state index in [1.54, 1.807) is 11.3 Å². The number of anilines is 1. The quantitative estimate of drug-likeness (QED) is 0.343. The molecule has 5 nitrogen and oxygen atoms in total. The van der Waals surface area contributed by atoms with Crippen LogP contribution in [0.3, 0.4) is 0 Å². The largest absolute Gasteiger partial charge is 0.494 e. The van der Waals surface area contributed by atoms with Crippen LogP contribution in [-0.4, -0.2) is 36.4 Å². The summed E-state index contributed by atoms with van der Waals surface area (Å²) >= 11 is 1.61. The number of ether oxygens (including phenoxy) is 1. The van der Waals surface area contributed by atoms with Gasteiger partial charge in [0.1, 0.15) is 5.75 Å². The zero-order chi connectivity index (χ0) is 24.9. The van der Waals surface area contributed by atoms with Crippen LogP contribution in [0.2, 0.25) is 0 Å². The lowest BCUT2D eigenvalue weighted by atomic mass is 9.80. The smallest absolute Gasteiger partial charge is 0.254 e. The molecule has 1 aromatic heterocycles. The van der Waals surface area contributed by atoms with Crippen LogP contribution in [0.25, 0.3) is 0 Å². The number of carbonyl (C=O) groups is 2. The van der Waals surface area contributed by atoms with Crippen LogP contribution in [0.4, 0.5) is 5.69 Å². The lowest BCUT2D eigenvalue weighted by Gasteiger charge is -2.43. The topological polar surface area (TPSA) is 49.9 Å². The molecule has 4 rings (SSSR count). The van der Waals surface area contributed by atoms with E-state index in [-0.39, 0.29) is 23.8 Å². The van der Waals surface area contributed by atoms with Crippen molar-refractivity contribution in [1.82, 2.24) is 4.90 Å². The summed E-state index contributed by atoms with van der Waals surface area (Å²) in [6.45, 7) is 10.0. The molecule has 6 heteroatoms. The van der Waals surface area contributed by atoms with E-state index in [0.29, 0.717) is 25.3 Å². The maximum Gasteiger partial charge on any atom is 0.254 e. The van der Waals surface area contributed by atoms with Crippen LogP contribution in [0.15, 0.2) is 66.0 Å². The van der Waals surface area contributed by atoms with Gasteiger partial charge in [0.25, 0.3) is 5.91 Å². The molecule has 0 radical (unpaired) electrons. The third kappa shape index (κ3) is 5.13. The van der Waals surface area contributed by atoms with Crippen molar-refractivity contribution in [1.29, 1.82) is 0 Å². The highest BCUT2D eigenvalue weighted by Gasteiger charge is 2.46. The van der Waals surface area contributed by atoms with E-state index in [2.05, 4.69) is 20.8 Å². The second kappa shape index (κ2) is 11.1. The molecule has 3 aromatic rings. The molecule has 1 aliphatic heterocycles. The van der Waals surface area contributed by atoms with Crippen molar-refractivity contribution >= 4 is 28.8 Å². The van der Waals surface area contributed by atoms with Gasteiger partial charge in [-0.2, -0.15) is 0 Å². The van der Waals surface area contributed by atoms with Crippen molar-refractivity contribution in [2.75, 3.05) is 24.6 Å². The number of thiophene rings is 1. The lowest BCUT2D eigenvalue weighted by Crippen LogP contribution is -2.49. The Morgan fingerprint density at radius 2 is 1.80 bits per heavy atom. The van der Waals surface area contributed by atoms with E-state index in [9.17, 15) is 9.59 Å². The third-order valence-corrected chi connectivity index (χ3v) is 7.22. The summed E-state index contributed by atoms with van der Waals surface area (Å²) in [6.07, 6.45) is 0.825. The zero-order valence-electron chi connectivity index (χ0n) is 20.9. The normalized spacial score (nSPS) is 17.4. The van der Waals surface area contributed by atoms with Crippen molar-refractivity contribution in [2.45, 2.75) is 46.1 Å². The molecule has 2 aromatic carbocycles. The molecule has 0 fully saturated rings. The highest BCUT2D eigenvalue weighted by Crippen LogP contribution is 2.45. The number of hydrogen-bond donors (Lipinski definition) is 0. The number of carbonyl (C=O) groups excluding carboxylic acids is 2. The lowest BCUT2D eigenvalue weighted by molar-refractivity contribution is -0.121. The second-order valence-corrected chi connectivity index (χ2v) is 10.3. The number of benzene rings is 2. The first-order chi connectivity index (χ1) is 17.0. The Hall–Kier alpha value is -3.12. The van der Waals surface area contributed by atoms with E-state index in [4.69, 9.17) is 4.74 Å². The fourth-order valence-electron chi connectivity index (χ4n) is 4.88. The van der Waals surface area contributed by atoms with Gasteiger partial charge in [0.15, 0.2) is 0 Å². The van der Waals surface area contributed by atoms with E-state index < -0.39 is 5.92 Å².